The van der Waals surface area contributed by atoms with Crippen molar-refractivity contribution in [3.05, 3.63) is 34.5 Å². The van der Waals surface area contributed by atoms with E-state index in [4.69, 9.17) is 15.0 Å². The smallest absolute Gasteiger partial charge is 0.400 e. The van der Waals surface area contributed by atoms with Gasteiger partial charge in [0.25, 0.3) is 0 Å². The number of halogens is 4. The first-order chi connectivity index (χ1) is 11.3. The van der Waals surface area contributed by atoms with Gasteiger partial charge in [0.1, 0.15) is 5.82 Å². The van der Waals surface area contributed by atoms with Crippen LogP contribution in [0.25, 0.3) is 6.08 Å². The van der Waals surface area contributed by atoms with Crippen LogP contribution >= 0.6 is 0 Å². The molecule has 1 aromatic rings. The first-order valence-corrected chi connectivity index (χ1v) is 7.61. The van der Waals surface area contributed by atoms with Crippen molar-refractivity contribution in [3.63, 3.8) is 0 Å². The molecule has 0 amide bonds. The lowest BCUT2D eigenvalue weighted by molar-refractivity contribution is -0.137. The van der Waals surface area contributed by atoms with Crippen LogP contribution < -0.4 is 5.73 Å². The second-order valence-corrected chi connectivity index (χ2v) is 6.92. The second-order valence-electron chi connectivity index (χ2n) is 6.92. The van der Waals surface area contributed by atoms with Crippen LogP contribution in [0.15, 0.2) is 17.6 Å². The average molecular weight is 361 g/mol. The predicted octanol–water partition coefficient (Wildman–Crippen LogP) is 3.43. The average Bonchev–Trinajstić information content (AvgIpc) is 2.66. The van der Waals surface area contributed by atoms with Crippen LogP contribution in [0, 0.1) is 5.82 Å². The fourth-order valence-electron chi connectivity index (χ4n) is 2.35. The molecule has 1 fully saturated rings. The molecule has 0 aliphatic carbocycles. The summed E-state index contributed by atoms with van der Waals surface area (Å²) in [6.07, 6.45) is -3.71. The van der Waals surface area contributed by atoms with E-state index < -0.39 is 53.7 Å². The highest BCUT2D eigenvalue weighted by Crippen LogP contribution is 2.40. The molecule has 0 aromatic heterocycles. The van der Waals surface area contributed by atoms with Gasteiger partial charge in [-0.25, -0.2) is 4.39 Å². The van der Waals surface area contributed by atoms with Crippen LogP contribution in [0.5, 0.6) is 0 Å². The lowest BCUT2D eigenvalue weighted by Crippen LogP contribution is -2.41. The Balaban J connectivity index is 2.50. The summed E-state index contributed by atoms with van der Waals surface area (Å²) >= 11 is 0. The maximum atomic E-state index is 13.7. The van der Waals surface area contributed by atoms with Crippen molar-refractivity contribution in [1.29, 1.82) is 0 Å². The van der Waals surface area contributed by atoms with Gasteiger partial charge in [0, 0.05) is 0 Å². The van der Waals surface area contributed by atoms with Crippen LogP contribution in [0.3, 0.4) is 0 Å². The molecule has 1 aromatic carbocycles. The normalized spacial score (nSPS) is 20.2. The van der Waals surface area contributed by atoms with Gasteiger partial charge in [0.05, 0.1) is 29.1 Å². The molecule has 0 unspecified atom stereocenters. The number of hydrogen-bond donors (Lipinski definition) is 2. The number of nitrogen functional groups attached to an aromatic ring is 1. The van der Waals surface area contributed by atoms with E-state index in [0.717, 1.165) is 6.08 Å². The first-order valence-electron chi connectivity index (χ1n) is 7.61. The molecule has 0 saturated carbocycles. The molecule has 3 N–H and O–H groups in total. The summed E-state index contributed by atoms with van der Waals surface area (Å²) in [5, 5.41) is 9.58. The molecule has 0 radical (unpaired) electrons. The predicted molar refractivity (Wildman–Crippen MR) is 87.0 cm³/mol. The van der Waals surface area contributed by atoms with Crippen molar-refractivity contribution in [3.8, 4) is 0 Å². The number of hydrogen-bond acceptors (Lipinski definition) is 4. The van der Waals surface area contributed by atoms with E-state index >= 15 is 0 Å². The Morgan fingerprint density at radius 3 is 2.16 bits per heavy atom. The molecular weight excluding hydrogens is 341 g/mol. The standard InChI is InChI=1S/C16H20BF4NO3/c1-14(2)15(3,4)25-17(24-14)10(8-23)5-9-6-12(18)13(22)7-11(9)16(19,20)21/h5-7,23H,8,22H2,1-4H3. The maximum Gasteiger partial charge on any atom is 0.492 e. The zero-order valence-electron chi connectivity index (χ0n) is 14.4. The van der Waals surface area contributed by atoms with E-state index in [1.54, 1.807) is 27.7 Å². The molecule has 1 saturated heterocycles. The third kappa shape index (κ3) is 3.83. The van der Waals surface area contributed by atoms with E-state index in [9.17, 15) is 22.7 Å². The summed E-state index contributed by atoms with van der Waals surface area (Å²) in [5.74, 6) is -0.981. The van der Waals surface area contributed by atoms with E-state index in [1.165, 1.54) is 0 Å². The van der Waals surface area contributed by atoms with Crippen molar-refractivity contribution in [2.24, 2.45) is 0 Å². The number of nitrogens with two attached hydrogens (primary N) is 1. The number of alkyl halides is 3. The van der Waals surface area contributed by atoms with E-state index in [1.807, 2.05) is 0 Å². The molecule has 9 heteroatoms. The Bertz CT molecular complexity index is 685. The van der Waals surface area contributed by atoms with Gasteiger partial charge in [-0.1, -0.05) is 6.08 Å². The maximum absolute atomic E-state index is 13.7. The fraction of sp³-hybridized carbons (Fsp3) is 0.500. The molecule has 25 heavy (non-hydrogen) atoms. The van der Waals surface area contributed by atoms with Gasteiger partial charge in [-0.3, -0.25) is 0 Å². The van der Waals surface area contributed by atoms with E-state index in [2.05, 4.69) is 0 Å². The minimum absolute atomic E-state index is 0.0494. The van der Waals surface area contributed by atoms with Gasteiger partial charge >= 0.3 is 13.3 Å². The fourth-order valence-corrected chi connectivity index (χ4v) is 2.35. The van der Waals surface area contributed by atoms with Crippen molar-refractivity contribution >= 4 is 18.9 Å². The van der Waals surface area contributed by atoms with Crippen LogP contribution in [0.1, 0.15) is 38.8 Å². The molecular formula is C16H20BF4NO3. The summed E-state index contributed by atoms with van der Waals surface area (Å²) in [5.41, 5.74) is 1.67. The topological polar surface area (TPSA) is 64.7 Å². The molecule has 1 aliphatic rings. The molecule has 0 atom stereocenters. The highest BCUT2D eigenvalue weighted by molar-refractivity contribution is 6.55. The SMILES string of the molecule is CC1(C)OB(C(=Cc2cc(F)c(N)cc2C(F)(F)F)CO)OC1(C)C. The Morgan fingerprint density at radius 2 is 1.72 bits per heavy atom. The van der Waals surface area contributed by atoms with Crippen molar-refractivity contribution in [1.82, 2.24) is 0 Å². The quantitative estimate of drug-likeness (QED) is 0.492. The Morgan fingerprint density at radius 1 is 1.20 bits per heavy atom. The summed E-state index contributed by atoms with van der Waals surface area (Å²) < 4.78 is 64.7. The highest BCUT2D eigenvalue weighted by atomic mass is 19.4. The van der Waals surface area contributed by atoms with Crippen LogP contribution in [-0.4, -0.2) is 30.0 Å². The summed E-state index contributed by atoms with van der Waals surface area (Å²) in [6, 6.07) is 1.21. The molecule has 0 spiro atoms. The Labute approximate surface area is 143 Å². The van der Waals surface area contributed by atoms with Crippen LogP contribution in [0.2, 0.25) is 0 Å². The van der Waals surface area contributed by atoms with Gasteiger partial charge in [-0.2, -0.15) is 13.2 Å². The van der Waals surface area contributed by atoms with Crippen molar-refractivity contribution in [2.75, 3.05) is 12.3 Å². The second kappa shape index (κ2) is 6.30. The van der Waals surface area contributed by atoms with E-state index in [0.29, 0.717) is 12.1 Å². The third-order valence-corrected chi connectivity index (χ3v) is 4.55. The number of rotatable bonds is 3. The molecule has 138 valence electrons. The molecule has 2 rings (SSSR count). The third-order valence-electron chi connectivity index (χ3n) is 4.55. The Kier molecular flexibility index (Phi) is 4.98. The summed E-state index contributed by atoms with van der Waals surface area (Å²) in [6.45, 7) is 6.47. The van der Waals surface area contributed by atoms with Gasteiger partial charge in [0.15, 0.2) is 0 Å². The lowest BCUT2D eigenvalue weighted by atomic mass is 9.77. The zero-order valence-corrected chi connectivity index (χ0v) is 14.4. The largest absolute Gasteiger partial charge is 0.492 e. The minimum atomic E-state index is -4.73. The van der Waals surface area contributed by atoms with Crippen molar-refractivity contribution in [2.45, 2.75) is 45.1 Å². The zero-order chi connectivity index (χ0) is 19.2. The number of aliphatic hydroxyl groups is 1. The molecule has 4 nitrogen and oxygen atoms in total. The van der Waals surface area contributed by atoms with Crippen LogP contribution in [-0.2, 0) is 15.5 Å². The molecule has 1 aliphatic heterocycles. The Hall–Kier alpha value is -1.58. The van der Waals surface area contributed by atoms with Gasteiger partial charge < -0.3 is 20.1 Å². The molecule has 0 bridgehead atoms. The first kappa shape index (κ1) is 19.7. The van der Waals surface area contributed by atoms with Crippen LogP contribution in [0.4, 0.5) is 23.2 Å². The lowest BCUT2D eigenvalue weighted by Gasteiger charge is -2.32. The minimum Gasteiger partial charge on any atom is -0.400 e. The van der Waals surface area contributed by atoms with Crippen molar-refractivity contribution < 1.29 is 32.0 Å². The van der Waals surface area contributed by atoms with Gasteiger partial charge in [-0.15, -0.1) is 0 Å². The summed E-state index contributed by atoms with van der Waals surface area (Å²) in [7, 11) is -1.04. The van der Waals surface area contributed by atoms with Gasteiger partial charge in [0.2, 0.25) is 0 Å². The van der Waals surface area contributed by atoms with Gasteiger partial charge in [-0.05, 0) is 50.9 Å². The highest BCUT2D eigenvalue weighted by Gasteiger charge is 2.52. The van der Waals surface area contributed by atoms with E-state index in [-0.39, 0.29) is 5.47 Å². The number of aliphatic hydroxyl groups excluding tert-OH is 1. The molecule has 1 heterocycles. The number of anilines is 1. The summed E-state index contributed by atoms with van der Waals surface area (Å²) in [4.78, 5) is 0. The number of benzene rings is 1. The monoisotopic (exact) mass is 361 g/mol.